The van der Waals surface area contributed by atoms with Gasteiger partial charge in [-0.15, -0.1) is 0 Å². The molecule has 0 saturated heterocycles. The summed E-state index contributed by atoms with van der Waals surface area (Å²) in [5.74, 6) is 1.76. The number of hydrogen-bond donors (Lipinski definition) is 1. The Hall–Kier alpha value is -1.88. The van der Waals surface area contributed by atoms with Gasteiger partial charge in [0.05, 0.1) is 0 Å². The SMILES string of the molecule is CCCNCc1cccc(C)c1OCc1ncnn1C. The first-order chi connectivity index (χ1) is 9.72. The van der Waals surface area contributed by atoms with Crippen molar-refractivity contribution in [3.63, 3.8) is 0 Å². The molecule has 0 saturated carbocycles. The first-order valence-electron chi connectivity index (χ1n) is 6.97. The minimum atomic E-state index is 0.433. The fourth-order valence-electron chi connectivity index (χ4n) is 2.05. The fourth-order valence-corrected chi connectivity index (χ4v) is 2.05. The van der Waals surface area contributed by atoms with Crippen molar-refractivity contribution in [2.45, 2.75) is 33.4 Å². The van der Waals surface area contributed by atoms with Gasteiger partial charge in [-0.05, 0) is 25.5 Å². The van der Waals surface area contributed by atoms with Crippen LogP contribution in [0.1, 0.15) is 30.3 Å². The zero-order valence-electron chi connectivity index (χ0n) is 12.4. The molecule has 2 aromatic rings. The summed E-state index contributed by atoms with van der Waals surface area (Å²) in [7, 11) is 1.87. The normalized spacial score (nSPS) is 10.8. The lowest BCUT2D eigenvalue weighted by atomic mass is 10.1. The minimum Gasteiger partial charge on any atom is -0.485 e. The average Bonchev–Trinajstić information content (AvgIpc) is 2.84. The predicted octanol–water partition coefficient (Wildman–Crippen LogP) is 2.20. The molecule has 2 rings (SSSR count). The Labute approximate surface area is 120 Å². The van der Waals surface area contributed by atoms with Crippen LogP contribution in [0, 0.1) is 6.92 Å². The zero-order chi connectivity index (χ0) is 14.4. The first kappa shape index (κ1) is 14.5. The van der Waals surface area contributed by atoms with E-state index in [9.17, 15) is 0 Å². The van der Waals surface area contributed by atoms with Gasteiger partial charge in [0.2, 0.25) is 0 Å². The molecule has 5 heteroatoms. The second kappa shape index (κ2) is 7.05. The third-order valence-corrected chi connectivity index (χ3v) is 3.19. The molecular formula is C15H22N4O. The highest BCUT2D eigenvalue weighted by Gasteiger charge is 2.09. The Balaban J connectivity index is 2.07. The Morgan fingerprint density at radius 2 is 2.20 bits per heavy atom. The molecule has 0 atom stereocenters. The van der Waals surface area contributed by atoms with Crippen molar-refractivity contribution >= 4 is 0 Å². The van der Waals surface area contributed by atoms with E-state index in [2.05, 4.69) is 47.4 Å². The van der Waals surface area contributed by atoms with E-state index in [-0.39, 0.29) is 0 Å². The largest absolute Gasteiger partial charge is 0.485 e. The van der Waals surface area contributed by atoms with Crippen molar-refractivity contribution in [2.24, 2.45) is 7.05 Å². The van der Waals surface area contributed by atoms with Crippen LogP contribution < -0.4 is 10.1 Å². The van der Waals surface area contributed by atoms with E-state index >= 15 is 0 Å². The number of nitrogens with one attached hydrogen (secondary N) is 1. The van der Waals surface area contributed by atoms with E-state index in [0.717, 1.165) is 36.6 Å². The summed E-state index contributed by atoms with van der Waals surface area (Å²) in [6, 6.07) is 6.23. The number of rotatable bonds is 7. The van der Waals surface area contributed by atoms with Gasteiger partial charge >= 0.3 is 0 Å². The third kappa shape index (κ3) is 3.57. The molecule has 20 heavy (non-hydrogen) atoms. The molecule has 0 aliphatic carbocycles. The van der Waals surface area contributed by atoms with Gasteiger partial charge in [-0.25, -0.2) is 4.98 Å². The standard InChI is InChI=1S/C15H22N4O/c1-4-8-16-9-13-7-5-6-12(2)15(13)20-10-14-17-11-18-19(14)3/h5-7,11,16H,4,8-10H2,1-3H3. The van der Waals surface area contributed by atoms with Crippen molar-refractivity contribution in [3.05, 3.63) is 41.5 Å². The van der Waals surface area contributed by atoms with E-state index in [1.165, 1.54) is 5.56 Å². The number of hydrogen-bond acceptors (Lipinski definition) is 4. The highest BCUT2D eigenvalue weighted by Crippen LogP contribution is 2.24. The molecule has 0 spiro atoms. The predicted molar refractivity (Wildman–Crippen MR) is 78.5 cm³/mol. The zero-order valence-corrected chi connectivity index (χ0v) is 12.4. The molecule has 0 unspecified atom stereocenters. The van der Waals surface area contributed by atoms with Crippen LogP contribution in [0.2, 0.25) is 0 Å². The monoisotopic (exact) mass is 274 g/mol. The maximum Gasteiger partial charge on any atom is 0.164 e. The maximum absolute atomic E-state index is 5.96. The van der Waals surface area contributed by atoms with Crippen molar-refractivity contribution < 1.29 is 4.74 Å². The summed E-state index contributed by atoms with van der Waals surface area (Å²) in [5, 5.41) is 7.46. The lowest BCUT2D eigenvalue weighted by molar-refractivity contribution is 0.284. The Morgan fingerprint density at radius 1 is 1.35 bits per heavy atom. The molecule has 0 radical (unpaired) electrons. The second-order valence-electron chi connectivity index (χ2n) is 4.83. The van der Waals surface area contributed by atoms with Crippen molar-refractivity contribution in [1.29, 1.82) is 0 Å². The Bertz CT molecular complexity index is 551. The lowest BCUT2D eigenvalue weighted by Crippen LogP contribution is -2.15. The number of aryl methyl sites for hydroxylation is 2. The topological polar surface area (TPSA) is 52.0 Å². The molecule has 0 aliphatic rings. The van der Waals surface area contributed by atoms with Crippen LogP contribution in [0.4, 0.5) is 0 Å². The molecule has 5 nitrogen and oxygen atoms in total. The van der Waals surface area contributed by atoms with E-state index in [0.29, 0.717) is 6.61 Å². The lowest BCUT2D eigenvalue weighted by Gasteiger charge is -2.14. The summed E-state index contributed by atoms with van der Waals surface area (Å²) in [4.78, 5) is 4.18. The molecule has 1 N–H and O–H groups in total. The number of nitrogens with zero attached hydrogens (tertiary/aromatic N) is 3. The highest BCUT2D eigenvalue weighted by atomic mass is 16.5. The van der Waals surface area contributed by atoms with Gasteiger partial charge in [-0.3, -0.25) is 4.68 Å². The van der Waals surface area contributed by atoms with Crippen LogP contribution in [0.3, 0.4) is 0 Å². The van der Waals surface area contributed by atoms with Gasteiger partial charge in [-0.1, -0.05) is 25.1 Å². The van der Waals surface area contributed by atoms with Crippen LogP contribution in [0.25, 0.3) is 0 Å². The van der Waals surface area contributed by atoms with Crippen LogP contribution in [0.15, 0.2) is 24.5 Å². The van der Waals surface area contributed by atoms with Crippen LogP contribution >= 0.6 is 0 Å². The summed E-state index contributed by atoms with van der Waals surface area (Å²) in [6.45, 7) is 6.49. The molecule has 1 heterocycles. The molecule has 108 valence electrons. The molecule has 0 aliphatic heterocycles. The van der Waals surface area contributed by atoms with Crippen LogP contribution in [-0.4, -0.2) is 21.3 Å². The number of ether oxygens (including phenoxy) is 1. The molecule has 0 fully saturated rings. The molecule has 1 aromatic carbocycles. The van der Waals surface area contributed by atoms with E-state index in [4.69, 9.17) is 4.74 Å². The smallest absolute Gasteiger partial charge is 0.164 e. The second-order valence-corrected chi connectivity index (χ2v) is 4.83. The summed E-state index contributed by atoms with van der Waals surface area (Å²) >= 11 is 0. The average molecular weight is 274 g/mol. The van der Waals surface area contributed by atoms with Gasteiger partial charge in [0.25, 0.3) is 0 Å². The van der Waals surface area contributed by atoms with E-state index in [1.54, 1.807) is 11.0 Å². The van der Waals surface area contributed by atoms with Gasteiger partial charge in [0.1, 0.15) is 18.7 Å². The summed E-state index contributed by atoms with van der Waals surface area (Å²) in [5.41, 5.74) is 2.32. The quantitative estimate of drug-likeness (QED) is 0.786. The van der Waals surface area contributed by atoms with Gasteiger partial charge in [-0.2, -0.15) is 5.10 Å². The fraction of sp³-hybridized carbons (Fsp3) is 0.467. The minimum absolute atomic E-state index is 0.433. The van der Waals surface area contributed by atoms with Crippen LogP contribution in [0.5, 0.6) is 5.75 Å². The summed E-state index contributed by atoms with van der Waals surface area (Å²) in [6.07, 6.45) is 2.67. The molecule has 1 aromatic heterocycles. The van der Waals surface area contributed by atoms with Crippen LogP contribution in [-0.2, 0) is 20.2 Å². The Morgan fingerprint density at radius 3 is 2.90 bits per heavy atom. The van der Waals surface area contributed by atoms with Gasteiger partial charge in [0.15, 0.2) is 5.82 Å². The number of para-hydroxylation sites is 1. The maximum atomic E-state index is 5.96. The van der Waals surface area contributed by atoms with Crippen molar-refractivity contribution in [2.75, 3.05) is 6.54 Å². The van der Waals surface area contributed by atoms with Gasteiger partial charge in [0, 0.05) is 19.2 Å². The number of aromatic nitrogens is 3. The molecular weight excluding hydrogens is 252 g/mol. The van der Waals surface area contributed by atoms with Crippen molar-refractivity contribution in [3.8, 4) is 5.75 Å². The van der Waals surface area contributed by atoms with E-state index < -0.39 is 0 Å². The molecule has 0 amide bonds. The highest BCUT2D eigenvalue weighted by molar-refractivity contribution is 5.40. The van der Waals surface area contributed by atoms with E-state index in [1.807, 2.05) is 7.05 Å². The van der Waals surface area contributed by atoms with Crippen molar-refractivity contribution in [1.82, 2.24) is 20.1 Å². The van der Waals surface area contributed by atoms with Gasteiger partial charge < -0.3 is 10.1 Å². The number of benzene rings is 1. The molecule has 0 bridgehead atoms. The third-order valence-electron chi connectivity index (χ3n) is 3.19. The Kier molecular flexibility index (Phi) is 5.12. The summed E-state index contributed by atoms with van der Waals surface area (Å²) < 4.78 is 7.69. The first-order valence-corrected chi connectivity index (χ1v) is 6.97.